The number of benzene rings is 1. The van der Waals surface area contributed by atoms with Crippen molar-refractivity contribution >= 4 is 38.4 Å². The number of para-hydroxylation sites is 2. The van der Waals surface area contributed by atoms with E-state index in [1.807, 2.05) is 28.8 Å². The Morgan fingerprint density at radius 1 is 1.09 bits per heavy atom. The highest BCUT2D eigenvalue weighted by atomic mass is 32.1. The van der Waals surface area contributed by atoms with Crippen molar-refractivity contribution < 1.29 is 4.74 Å². The Morgan fingerprint density at radius 3 is 2.65 bits per heavy atom. The molecule has 34 heavy (non-hydrogen) atoms. The number of aryl methyl sites for hydroxylation is 2. The molecule has 5 heterocycles. The molecule has 178 valence electrons. The number of morpholine rings is 1. The molecule has 0 atom stereocenters. The largest absolute Gasteiger partial charge is 0.379 e. The fraction of sp³-hybridized carbons (Fsp3) is 0.480. The van der Waals surface area contributed by atoms with Crippen LogP contribution in [0.5, 0.6) is 0 Å². The molecule has 0 bridgehead atoms. The maximum absolute atomic E-state index is 12.7. The first-order valence-electron chi connectivity index (χ1n) is 12.1. The molecule has 0 saturated carbocycles. The molecule has 0 amide bonds. The van der Waals surface area contributed by atoms with Crippen LogP contribution in [0.3, 0.4) is 0 Å². The topological polar surface area (TPSA) is 79.3 Å². The van der Waals surface area contributed by atoms with Crippen LogP contribution in [0.15, 0.2) is 29.1 Å². The Kier molecular flexibility index (Phi) is 5.63. The van der Waals surface area contributed by atoms with E-state index < -0.39 is 0 Å². The van der Waals surface area contributed by atoms with Crippen molar-refractivity contribution in [3.8, 4) is 0 Å². The van der Waals surface area contributed by atoms with E-state index in [-0.39, 0.29) is 11.7 Å². The Labute approximate surface area is 202 Å². The van der Waals surface area contributed by atoms with Gasteiger partial charge in [0.25, 0.3) is 0 Å². The van der Waals surface area contributed by atoms with Crippen LogP contribution in [0.4, 0.5) is 5.82 Å². The second kappa shape index (κ2) is 8.79. The minimum absolute atomic E-state index is 0.0128. The quantitative estimate of drug-likeness (QED) is 0.483. The number of hydrogen-bond donors (Lipinski definition) is 1. The second-order valence-electron chi connectivity index (χ2n) is 9.35. The van der Waals surface area contributed by atoms with Crippen molar-refractivity contribution in [2.45, 2.75) is 39.3 Å². The molecule has 0 aliphatic carbocycles. The fourth-order valence-corrected chi connectivity index (χ4v) is 6.35. The van der Waals surface area contributed by atoms with Gasteiger partial charge in [0.2, 0.25) is 0 Å². The van der Waals surface area contributed by atoms with Gasteiger partial charge in [-0.2, -0.15) is 0 Å². The van der Waals surface area contributed by atoms with Crippen LogP contribution in [-0.2, 0) is 11.3 Å². The van der Waals surface area contributed by atoms with Crippen molar-refractivity contribution in [2.75, 3.05) is 44.3 Å². The molecule has 2 aliphatic heterocycles. The molecule has 1 aromatic carbocycles. The number of ether oxygens (including phenoxy) is 1. The highest BCUT2D eigenvalue weighted by Crippen LogP contribution is 2.37. The molecule has 2 fully saturated rings. The zero-order valence-electron chi connectivity index (χ0n) is 19.7. The van der Waals surface area contributed by atoms with Crippen molar-refractivity contribution in [3.05, 3.63) is 51.0 Å². The van der Waals surface area contributed by atoms with E-state index in [0.717, 1.165) is 86.3 Å². The molecule has 9 heteroatoms. The third kappa shape index (κ3) is 3.81. The van der Waals surface area contributed by atoms with Crippen LogP contribution < -0.4 is 10.6 Å². The van der Waals surface area contributed by atoms with Crippen LogP contribution >= 0.6 is 11.3 Å². The van der Waals surface area contributed by atoms with Crippen LogP contribution in [0.25, 0.3) is 21.3 Å². The zero-order chi connectivity index (χ0) is 23.2. The number of hydrogen-bond acceptors (Lipinski definition) is 7. The van der Waals surface area contributed by atoms with Gasteiger partial charge in [0.05, 0.1) is 36.2 Å². The number of H-pyrrole nitrogens is 1. The van der Waals surface area contributed by atoms with Gasteiger partial charge in [0, 0.05) is 37.1 Å². The number of fused-ring (bicyclic) bond motifs is 2. The predicted molar refractivity (Wildman–Crippen MR) is 136 cm³/mol. The summed E-state index contributed by atoms with van der Waals surface area (Å²) in [6.45, 7) is 10.2. The third-order valence-corrected chi connectivity index (χ3v) is 8.38. The Balaban J connectivity index is 1.30. The number of piperidine rings is 1. The number of aromatic nitrogens is 4. The molecule has 0 unspecified atom stereocenters. The lowest BCUT2D eigenvalue weighted by atomic mass is 10.0. The minimum atomic E-state index is -0.0128. The lowest BCUT2D eigenvalue weighted by molar-refractivity contribution is 0.0331. The van der Waals surface area contributed by atoms with Crippen molar-refractivity contribution in [2.24, 2.45) is 0 Å². The monoisotopic (exact) mass is 478 g/mol. The van der Waals surface area contributed by atoms with Crippen LogP contribution in [-0.4, -0.2) is 63.8 Å². The number of imidazole rings is 1. The van der Waals surface area contributed by atoms with Gasteiger partial charge < -0.3 is 14.6 Å². The molecule has 3 aromatic heterocycles. The van der Waals surface area contributed by atoms with Crippen molar-refractivity contribution in [1.29, 1.82) is 0 Å². The van der Waals surface area contributed by atoms with Gasteiger partial charge in [-0.05, 0) is 44.4 Å². The predicted octanol–water partition coefficient (Wildman–Crippen LogP) is 3.62. The van der Waals surface area contributed by atoms with Gasteiger partial charge in [-0.15, -0.1) is 11.3 Å². The number of nitrogens with zero attached hydrogens (tertiary/aromatic N) is 5. The normalized spacial score (nSPS) is 18.4. The third-order valence-electron chi connectivity index (χ3n) is 7.28. The summed E-state index contributed by atoms with van der Waals surface area (Å²) in [5.74, 6) is 1.94. The summed E-state index contributed by atoms with van der Waals surface area (Å²) in [5.41, 5.74) is 3.17. The number of thiophene rings is 1. The first-order chi connectivity index (χ1) is 16.6. The summed E-state index contributed by atoms with van der Waals surface area (Å²) in [5, 5.41) is 1.19. The van der Waals surface area contributed by atoms with Gasteiger partial charge in [-0.1, -0.05) is 12.1 Å². The zero-order valence-corrected chi connectivity index (χ0v) is 20.5. The van der Waals surface area contributed by atoms with Crippen molar-refractivity contribution in [3.63, 3.8) is 0 Å². The molecule has 2 aliphatic rings. The molecule has 0 radical (unpaired) electrons. The van der Waals surface area contributed by atoms with Gasteiger partial charge in [-0.25, -0.2) is 14.8 Å². The minimum Gasteiger partial charge on any atom is -0.379 e. The summed E-state index contributed by atoms with van der Waals surface area (Å²) in [7, 11) is 0. The highest BCUT2D eigenvalue weighted by Gasteiger charge is 2.27. The number of aromatic amines is 1. The lowest BCUT2D eigenvalue weighted by Crippen LogP contribution is -2.38. The van der Waals surface area contributed by atoms with E-state index in [4.69, 9.17) is 14.7 Å². The van der Waals surface area contributed by atoms with Gasteiger partial charge in [0.1, 0.15) is 16.5 Å². The fourth-order valence-electron chi connectivity index (χ4n) is 5.30. The smallest absolute Gasteiger partial charge is 0.326 e. The van der Waals surface area contributed by atoms with Crippen molar-refractivity contribution in [1.82, 2.24) is 24.4 Å². The standard InChI is InChI=1S/C25H30N6O2S/c1-16-17(2)34-24-22(16)23(27-21(28-24)15-29-11-13-33-14-12-29)30-9-7-18(8-10-30)31-20-6-4-3-5-19(20)26-25(31)32/h3-6,18H,7-15H2,1-2H3,(H,26,32). The maximum Gasteiger partial charge on any atom is 0.326 e. The van der Waals surface area contributed by atoms with Gasteiger partial charge >= 0.3 is 5.69 Å². The first-order valence-corrected chi connectivity index (χ1v) is 12.9. The molecular formula is C25H30N6O2S. The Morgan fingerprint density at radius 2 is 1.85 bits per heavy atom. The van der Waals surface area contributed by atoms with E-state index in [1.54, 1.807) is 11.3 Å². The molecule has 1 N–H and O–H groups in total. The number of rotatable bonds is 4. The Bertz CT molecular complexity index is 1390. The van der Waals surface area contributed by atoms with E-state index in [0.29, 0.717) is 0 Å². The van der Waals surface area contributed by atoms with E-state index >= 15 is 0 Å². The average Bonchev–Trinajstić information content (AvgIpc) is 3.34. The SMILES string of the molecule is Cc1sc2nc(CN3CCOCC3)nc(N3CCC(n4c(=O)[nH]c5ccccc54)CC3)c2c1C. The second-order valence-corrected chi connectivity index (χ2v) is 10.6. The molecule has 4 aromatic rings. The summed E-state index contributed by atoms with van der Waals surface area (Å²) in [6, 6.07) is 8.15. The molecular weight excluding hydrogens is 448 g/mol. The molecule has 0 spiro atoms. The average molecular weight is 479 g/mol. The number of nitrogens with one attached hydrogen (secondary N) is 1. The summed E-state index contributed by atoms with van der Waals surface area (Å²) < 4.78 is 7.46. The van der Waals surface area contributed by atoms with Gasteiger partial charge in [0.15, 0.2) is 0 Å². The maximum atomic E-state index is 12.7. The van der Waals surface area contributed by atoms with E-state index in [2.05, 4.69) is 28.6 Å². The van der Waals surface area contributed by atoms with E-state index in [1.165, 1.54) is 15.8 Å². The first kappa shape index (κ1) is 21.8. The van der Waals surface area contributed by atoms with Gasteiger partial charge in [-0.3, -0.25) is 9.47 Å². The molecule has 6 rings (SSSR count). The molecule has 2 saturated heterocycles. The summed E-state index contributed by atoms with van der Waals surface area (Å²) in [4.78, 5) is 32.9. The van der Waals surface area contributed by atoms with E-state index in [9.17, 15) is 4.79 Å². The lowest BCUT2D eigenvalue weighted by Gasteiger charge is -2.34. The summed E-state index contributed by atoms with van der Waals surface area (Å²) >= 11 is 1.76. The molecule has 8 nitrogen and oxygen atoms in total. The summed E-state index contributed by atoms with van der Waals surface area (Å²) in [6.07, 6.45) is 1.82. The van der Waals surface area contributed by atoms with Crippen LogP contribution in [0, 0.1) is 13.8 Å². The van der Waals surface area contributed by atoms with Crippen LogP contribution in [0.1, 0.15) is 35.1 Å². The number of anilines is 1. The Hall–Kier alpha value is -2.75. The highest BCUT2D eigenvalue weighted by molar-refractivity contribution is 7.18. The van der Waals surface area contributed by atoms with Crippen LogP contribution in [0.2, 0.25) is 0 Å².